The van der Waals surface area contributed by atoms with E-state index in [4.69, 9.17) is 5.26 Å². The Hall–Kier alpha value is -3.23. The van der Waals surface area contributed by atoms with E-state index in [2.05, 4.69) is 11.2 Å². The van der Waals surface area contributed by atoms with Crippen LogP contribution in [0, 0.1) is 11.3 Å². The van der Waals surface area contributed by atoms with Crippen LogP contribution in [0.2, 0.25) is 0 Å². The molecule has 0 N–H and O–H groups in total. The quantitative estimate of drug-likeness (QED) is 0.564. The lowest BCUT2D eigenvalue weighted by Gasteiger charge is -2.10. The molecule has 0 saturated carbocycles. The van der Waals surface area contributed by atoms with Gasteiger partial charge in [0, 0.05) is 5.39 Å². The van der Waals surface area contributed by atoms with Crippen molar-refractivity contribution in [3.05, 3.63) is 87.5 Å². The lowest BCUT2D eigenvalue weighted by atomic mass is 10.1. The molecule has 2 aromatic carbocycles. The molecule has 25 heavy (non-hydrogen) atoms. The Balaban J connectivity index is 1.87. The maximum Gasteiger partial charge on any atom is 0.274 e. The predicted molar refractivity (Wildman–Crippen MR) is 99.6 cm³/mol. The number of aromatic nitrogens is 2. The molecular weight excluding hydrogens is 330 g/mol. The average molecular weight is 343 g/mol. The van der Waals surface area contributed by atoms with Crippen molar-refractivity contribution in [2.75, 3.05) is 0 Å². The first-order valence-corrected chi connectivity index (χ1v) is 8.67. The van der Waals surface area contributed by atoms with Crippen molar-refractivity contribution in [3.63, 3.8) is 0 Å². The van der Waals surface area contributed by atoms with Gasteiger partial charge in [0.2, 0.25) is 0 Å². The summed E-state index contributed by atoms with van der Waals surface area (Å²) in [5, 5.41) is 17.1. The molecule has 0 aliphatic heterocycles. The molecule has 4 nitrogen and oxygen atoms in total. The predicted octanol–water partition coefficient (Wildman–Crippen LogP) is 4.04. The maximum atomic E-state index is 12.8. The zero-order valence-electron chi connectivity index (χ0n) is 13.2. The van der Waals surface area contributed by atoms with Gasteiger partial charge in [0.15, 0.2) is 0 Å². The van der Waals surface area contributed by atoms with Crippen molar-refractivity contribution in [1.29, 1.82) is 5.26 Å². The number of nitriles is 1. The van der Waals surface area contributed by atoms with E-state index in [0.717, 1.165) is 21.5 Å². The van der Waals surface area contributed by atoms with Crippen LogP contribution in [0.5, 0.6) is 0 Å². The summed E-state index contributed by atoms with van der Waals surface area (Å²) in [6.07, 6.45) is 0. The van der Waals surface area contributed by atoms with Gasteiger partial charge in [-0.3, -0.25) is 4.79 Å². The number of rotatable bonds is 3. The van der Waals surface area contributed by atoms with Gasteiger partial charge >= 0.3 is 0 Å². The third-order valence-corrected chi connectivity index (χ3v) is 4.91. The Kier molecular flexibility index (Phi) is 3.88. The number of benzene rings is 2. The summed E-state index contributed by atoms with van der Waals surface area (Å²) in [6.45, 7) is 0.369. The molecule has 120 valence electrons. The highest BCUT2D eigenvalue weighted by Crippen LogP contribution is 2.28. The van der Waals surface area contributed by atoms with Gasteiger partial charge in [-0.2, -0.15) is 10.4 Å². The van der Waals surface area contributed by atoms with Crippen LogP contribution in [0.15, 0.2) is 70.8 Å². The molecule has 0 radical (unpaired) electrons. The van der Waals surface area contributed by atoms with E-state index < -0.39 is 0 Å². The van der Waals surface area contributed by atoms with Crippen LogP contribution in [0.1, 0.15) is 11.1 Å². The largest absolute Gasteiger partial charge is 0.274 e. The van der Waals surface area contributed by atoms with Crippen LogP contribution < -0.4 is 5.56 Å². The van der Waals surface area contributed by atoms with Crippen molar-refractivity contribution in [3.8, 4) is 16.6 Å². The molecule has 0 saturated heterocycles. The van der Waals surface area contributed by atoms with Crippen molar-refractivity contribution in [2.24, 2.45) is 0 Å². The van der Waals surface area contributed by atoms with Gasteiger partial charge in [0.05, 0.1) is 28.4 Å². The first-order chi connectivity index (χ1) is 12.3. The molecule has 0 spiro atoms. The molecule has 0 fully saturated rings. The Bertz CT molecular complexity index is 1140. The van der Waals surface area contributed by atoms with E-state index in [1.54, 1.807) is 23.5 Å². The smallest absolute Gasteiger partial charge is 0.267 e. The monoisotopic (exact) mass is 343 g/mol. The summed E-state index contributed by atoms with van der Waals surface area (Å²) >= 11 is 1.60. The Labute approximate surface area is 148 Å². The van der Waals surface area contributed by atoms with Gasteiger partial charge < -0.3 is 0 Å². The molecular formula is C20H13N3OS. The highest BCUT2D eigenvalue weighted by molar-refractivity contribution is 7.13. The molecule has 4 aromatic rings. The van der Waals surface area contributed by atoms with Gasteiger partial charge in [-0.25, -0.2) is 4.68 Å². The van der Waals surface area contributed by atoms with E-state index in [1.807, 2.05) is 53.9 Å². The molecule has 5 heteroatoms. The minimum absolute atomic E-state index is 0.111. The second-order valence-electron chi connectivity index (χ2n) is 5.64. The first-order valence-electron chi connectivity index (χ1n) is 7.79. The Morgan fingerprint density at radius 3 is 2.44 bits per heavy atom. The minimum atomic E-state index is -0.111. The lowest BCUT2D eigenvalue weighted by Crippen LogP contribution is -2.24. The SMILES string of the molecule is N#Cc1ccc(Cn2nc(-c3cccs3)c3ccccc3c2=O)cc1. The lowest BCUT2D eigenvalue weighted by molar-refractivity contribution is 0.651. The number of nitrogens with zero attached hydrogens (tertiary/aromatic N) is 3. The maximum absolute atomic E-state index is 12.8. The van der Waals surface area contributed by atoms with E-state index in [0.29, 0.717) is 17.5 Å². The molecule has 2 aromatic heterocycles. The molecule has 0 amide bonds. The van der Waals surface area contributed by atoms with Crippen LogP contribution in [-0.2, 0) is 6.54 Å². The Morgan fingerprint density at radius 2 is 1.76 bits per heavy atom. The minimum Gasteiger partial charge on any atom is -0.267 e. The summed E-state index contributed by atoms with van der Waals surface area (Å²) in [5.41, 5.74) is 2.24. The zero-order valence-corrected chi connectivity index (χ0v) is 14.0. The van der Waals surface area contributed by atoms with E-state index in [-0.39, 0.29) is 5.56 Å². The van der Waals surface area contributed by atoms with Gasteiger partial charge in [0.1, 0.15) is 5.69 Å². The third kappa shape index (κ3) is 2.84. The molecule has 0 bridgehead atoms. The first kappa shape index (κ1) is 15.3. The highest BCUT2D eigenvalue weighted by Gasteiger charge is 2.13. The average Bonchev–Trinajstić information content (AvgIpc) is 3.19. The van der Waals surface area contributed by atoms with E-state index in [9.17, 15) is 4.79 Å². The summed E-state index contributed by atoms with van der Waals surface area (Å²) < 4.78 is 1.50. The fourth-order valence-electron chi connectivity index (χ4n) is 2.80. The van der Waals surface area contributed by atoms with E-state index in [1.165, 1.54) is 4.68 Å². The van der Waals surface area contributed by atoms with Crippen molar-refractivity contribution < 1.29 is 0 Å². The van der Waals surface area contributed by atoms with Crippen molar-refractivity contribution in [2.45, 2.75) is 6.54 Å². The van der Waals surface area contributed by atoms with Gasteiger partial charge in [-0.1, -0.05) is 36.4 Å². The topological polar surface area (TPSA) is 58.7 Å². The van der Waals surface area contributed by atoms with Crippen molar-refractivity contribution >= 4 is 22.1 Å². The molecule has 0 unspecified atom stereocenters. The van der Waals surface area contributed by atoms with Gasteiger partial charge in [-0.15, -0.1) is 11.3 Å². The Morgan fingerprint density at radius 1 is 1.00 bits per heavy atom. The van der Waals surface area contributed by atoms with Crippen LogP contribution in [-0.4, -0.2) is 9.78 Å². The van der Waals surface area contributed by atoms with Gasteiger partial charge in [-0.05, 0) is 35.2 Å². The van der Waals surface area contributed by atoms with E-state index >= 15 is 0 Å². The second kappa shape index (κ2) is 6.34. The molecule has 0 aliphatic rings. The highest BCUT2D eigenvalue weighted by atomic mass is 32.1. The van der Waals surface area contributed by atoms with Crippen LogP contribution in [0.25, 0.3) is 21.3 Å². The molecule has 4 rings (SSSR count). The fourth-order valence-corrected chi connectivity index (χ4v) is 3.52. The fraction of sp³-hybridized carbons (Fsp3) is 0.0500. The van der Waals surface area contributed by atoms with Crippen LogP contribution in [0.4, 0.5) is 0 Å². The number of hydrogen-bond donors (Lipinski definition) is 0. The second-order valence-corrected chi connectivity index (χ2v) is 6.59. The van der Waals surface area contributed by atoms with Crippen LogP contribution in [0.3, 0.4) is 0 Å². The third-order valence-electron chi connectivity index (χ3n) is 4.04. The molecule has 0 atom stereocenters. The summed E-state index contributed by atoms with van der Waals surface area (Å²) in [5.74, 6) is 0. The summed E-state index contributed by atoms with van der Waals surface area (Å²) in [6, 6.07) is 20.9. The normalized spacial score (nSPS) is 10.7. The number of thiophene rings is 1. The number of fused-ring (bicyclic) bond motifs is 1. The zero-order chi connectivity index (χ0) is 17.2. The van der Waals surface area contributed by atoms with Crippen molar-refractivity contribution in [1.82, 2.24) is 9.78 Å². The molecule has 0 aliphatic carbocycles. The summed E-state index contributed by atoms with van der Waals surface area (Å²) in [7, 11) is 0. The van der Waals surface area contributed by atoms with Gasteiger partial charge in [0.25, 0.3) is 5.56 Å². The van der Waals surface area contributed by atoms with Crippen LogP contribution >= 0.6 is 11.3 Å². The summed E-state index contributed by atoms with van der Waals surface area (Å²) in [4.78, 5) is 13.9. The molecule has 2 heterocycles. The standard InChI is InChI=1S/C20H13N3OS/c21-12-14-7-9-15(10-8-14)13-23-20(24)17-5-2-1-4-16(17)19(22-23)18-6-3-11-25-18/h1-11H,13H2. The number of hydrogen-bond acceptors (Lipinski definition) is 4.